The van der Waals surface area contributed by atoms with Crippen molar-refractivity contribution in [2.45, 2.75) is 25.9 Å². The zero-order valence-corrected chi connectivity index (χ0v) is 14.5. The van der Waals surface area contributed by atoms with Gasteiger partial charge in [0.05, 0.1) is 5.69 Å². The number of nitrogens with zero attached hydrogens (tertiary/aromatic N) is 2. The van der Waals surface area contributed by atoms with Gasteiger partial charge in [-0.3, -0.25) is 9.20 Å². The smallest absolute Gasteiger partial charge is 0.258 e. The standard InChI is InChI=1S/C16H16BrN3OS/c1-2-14(11-3-5-12(17)6-4-11)18-10-13-9-15(21)20-7-8-22-16(20)19-13/h3-9,14,18H,2,10H2,1H3/t14-/m1/s1. The first-order valence-electron chi connectivity index (χ1n) is 7.12. The predicted molar refractivity (Wildman–Crippen MR) is 93.4 cm³/mol. The Hall–Kier alpha value is -1.50. The Morgan fingerprint density at radius 1 is 1.36 bits per heavy atom. The van der Waals surface area contributed by atoms with Crippen molar-refractivity contribution in [1.82, 2.24) is 14.7 Å². The molecule has 1 N–H and O–H groups in total. The van der Waals surface area contributed by atoms with E-state index in [9.17, 15) is 4.79 Å². The number of benzene rings is 1. The van der Waals surface area contributed by atoms with Gasteiger partial charge in [-0.2, -0.15) is 0 Å². The third kappa shape index (κ3) is 3.29. The molecule has 3 aromatic rings. The van der Waals surface area contributed by atoms with Gasteiger partial charge in [-0.1, -0.05) is 35.0 Å². The van der Waals surface area contributed by atoms with Crippen LogP contribution in [0.1, 0.15) is 30.6 Å². The molecule has 4 nitrogen and oxygen atoms in total. The molecule has 0 fully saturated rings. The SMILES string of the molecule is CC[C@@H](NCc1cc(=O)n2ccsc2n1)c1ccc(Br)cc1. The fraction of sp³-hybridized carbons (Fsp3) is 0.250. The number of halogens is 1. The average molecular weight is 378 g/mol. The van der Waals surface area contributed by atoms with Crippen molar-refractivity contribution in [3.8, 4) is 0 Å². The molecular weight excluding hydrogens is 362 g/mol. The van der Waals surface area contributed by atoms with E-state index in [4.69, 9.17) is 0 Å². The fourth-order valence-electron chi connectivity index (χ4n) is 2.40. The molecular formula is C16H16BrN3OS. The monoisotopic (exact) mass is 377 g/mol. The Morgan fingerprint density at radius 3 is 2.86 bits per heavy atom. The summed E-state index contributed by atoms with van der Waals surface area (Å²) in [5, 5.41) is 5.36. The van der Waals surface area contributed by atoms with E-state index < -0.39 is 0 Å². The number of rotatable bonds is 5. The van der Waals surface area contributed by atoms with Crippen LogP contribution in [-0.4, -0.2) is 9.38 Å². The summed E-state index contributed by atoms with van der Waals surface area (Å²) in [5.41, 5.74) is 1.99. The fourth-order valence-corrected chi connectivity index (χ4v) is 3.40. The summed E-state index contributed by atoms with van der Waals surface area (Å²) in [6.07, 6.45) is 2.73. The topological polar surface area (TPSA) is 46.4 Å². The summed E-state index contributed by atoms with van der Waals surface area (Å²) in [7, 11) is 0. The molecule has 1 aromatic carbocycles. The molecule has 0 spiro atoms. The normalized spacial score (nSPS) is 12.6. The Balaban J connectivity index is 1.76. The highest BCUT2D eigenvalue weighted by molar-refractivity contribution is 9.10. The molecule has 0 aliphatic carbocycles. The molecule has 0 saturated heterocycles. The first kappa shape index (κ1) is 15.4. The summed E-state index contributed by atoms with van der Waals surface area (Å²) in [6.45, 7) is 2.72. The second-order valence-corrected chi connectivity index (χ2v) is 6.82. The molecule has 2 aromatic heterocycles. The van der Waals surface area contributed by atoms with Crippen LogP contribution < -0.4 is 10.9 Å². The minimum absolute atomic E-state index is 0.0280. The lowest BCUT2D eigenvalue weighted by molar-refractivity contribution is 0.514. The first-order valence-corrected chi connectivity index (χ1v) is 8.79. The maximum Gasteiger partial charge on any atom is 0.258 e. The lowest BCUT2D eigenvalue weighted by Crippen LogP contribution is -2.23. The van der Waals surface area contributed by atoms with Gasteiger partial charge in [-0.05, 0) is 24.1 Å². The maximum absolute atomic E-state index is 12.0. The number of aromatic nitrogens is 2. The predicted octanol–water partition coefficient (Wildman–Crippen LogP) is 3.76. The van der Waals surface area contributed by atoms with Crippen LogP contribution in [0.25, 0.3) is 4.96 Å². The second-order valence-electron chi connectivity index (χ2n) is 5.03. The van der Waals surface area contributed by atoms with Gasteiger partial charge in [0, 0.05) is 34.7 Å². The van der Waals surface area contributed by atoms with Crippen molar-refractivity contribution in [3.63, 3.8) is 0 Å². The van der Waals surface area contributed by atoms with E-state index in [1.807, 2.05) is 17.5 Å². The molecule has 0 amide bonds. The van der Waals surface area contributed by atoms with Crippen molar-refractivity contribution in [3.05, 3.63) is 68.0 Å². The van der Waals surface area contributed by atoms with E-state index in [1.165, 1.54) is 16.9 Å². The molecule has 6 heteroatoms. The first-order chi connectivity index (χ1) is 10.7. The van der Waals surface area contributed by atoms with Gasteiger partial charge in [-0.25, -0.2) is 4.98 Å². The number of hydrogen-bond acceptors (Lipinski definition) is 4. The van der Waals surface area contributed by atoms with Crippen LogP contribution >= 0.6 is 27.3 Å². The van der Waals surface area contributed by atoms with Crippen LogP contribution in [0.4, 0.5) is 0 Å². The summed E-state index contributed by atoms with van der Waals surface area (Å²) in [4.78, 5) is 17.2. The van der Waals surface area contributed by atoms with Gasteiger partial charge in [0.15, 0.2) is 4.96 Å². The Morgan fingerprint density at radius 2 is 2.14 bits per heavy atom. The summed E-state index contributed by atoms with van der Waals surface area (Å²) in [5.74, 6) is 0. The van der Waals surface area contributed by atoms with Crippen molar-refractivity contribution in [2.75, 3.05) is 0 Å². The Bertz CT molecular complexity index is 825. The largest absolute Gasteiger partial charge is 0.304 e. The van der Waals surface area contributed by atoms with Gasteiger partial charge < -0.3 is 5.32 Å². The summed E-state index contributed by atoms with van der Waals surface area (Å²) in [6, 6.07) is 10.1. The molecule has 0 aliphatic rings. The molecule has 114 valence electrons. The van der Waals surface area contributed by atoms with Gasteiger partial charge >= 0.3 is 0 Å². The van der Waals surface area contributed by atoms with Gasteiger partial charge in [0.25, 0.3) is 5.56 Å². The van der Waals surface area contributed by atoms with Crippen LogP contribution in [0.15, 0.2) is 51.2 Å². The Kier molecular flexibility index (Phi) is 4.71. The zero-order valence-electron chi connectivity index (χ0n) is 12.1. The minimum atomic E-state index is -0.0280. The third-order valence-corrected chi connectivity index (χ3v) is 4.85. The number of nitrogens with one attached hydrogen (secondary N) is 1. The quantitative estimate of drug-likeness (QED) is 0.736. The van der Waals surface area contributed by atoms with Gasteiger partial charge in [0.1, 0.15) is 0 Å². The molecule has 1 atom stereocenters. The van der Waals surface area contributed by atoms with Crippen molar-refractivity contribution in [2.24, 2.45) is 0 Å². The second kappa shape index (κ2) is 6.73. The number of hydrogen-bond donors (Lipinski definition) is 1. The molecule has 0 saturated carbocycles. The van der Waals surface area contributed by atoms with E-state index in [2.05, 4.69) is 45.3 Å². The average Bonchev–Trinajstić information content (AvgIpc) is 2.98. The van der Waals surface area contributed by atoms with E-state index in [0.717, 1.165) is 21.5 Å². The number of thiazole rings is 1. The molecule has 3 rings (SSSR count). The van der Waals surface area contributed by atoms with Crippen LogP contribution in [0, 0.1) is 0 Å². The highest BCUT2D eigenvalue weighted by Crippen LogP contribution is 2.19. The zero-order chi connectivity index (χ0) is 15.5. The lowest BCUT2D eigenvalue weighted by atomic mass is 10.0. The molecule has 0 bridgehead atoms. The Labute approximate surface area is 141 Å². The minimum Gasteiger partial charge on any atom is -0.304 e. The van der Waals surface area contributed by atoms with Crippen LogP contribution in [0.5, 0.6) is 0 Å². The van der Waals surface area contributed by atoms with E-state index in [1.54, 1.807) is 16.7 Å². The molecule has 2 heterocycles. The van der Waals surface area contributed by atoms with Crippen LogP contribution in [0.2, 0.25) is 0 Å². The molecule has 0 unspecified atom stereocenters. The maximum atomic E-state index is 12.0. The van der Waals surface area contributed by atoms with Crippen LogP contribution in [0.3, 0.4) is 0 Å². The summed E-state index contributed by atoms with van der Waals surface area (Å²) >= 11 is 4.93. The van der Waals surface area contributed by atoms with Crippen molar-refractivity contribution in [1.29, 1.82) is 0 Å². The van der Waals surface area contributed by atoms with Gasteiger partial charge in [0.2, 0.25) is 0 Å². The van der Waals surface area contributed by atoms with Crippen molar-refractivity contribution >= 4 is 32.2 Å². The van der Waals surface area contributed by atoms with Gasteiger partial charge in [-0.15, -0.1) is 11.3 Å². The molecule has 22 heavy (non-hydrogen) atoms. The lowest BCUT2D eigenvalue weighted by Gasteiger charge is -2.17. The molecule has 0 radical (unpaired) electrons. The number of fused-ring (bicyclic) bond motifs is 1. The third-order valence-electron chi connectivity index (χ3n) is 3.57. The van der Waals surface area contributed by atoms with Crippen molar-refractivity contribution < 1.29 is 0 Å². The highest BCUT2D eigenvalue weighted by atomic mass is 79.9. The van der Waals surface area contributed by atoms with E-state index in [0.29, 0.717) is 6.54 Å². The van der Waals surface area contributed by atoms with Crippen LogP contribution in [-0.2, 0) is 6.54 Å². The van der Waals surface area contributed by atoms with E-state index in [-0.39, 0.29) is 11.6 Å². The molecule has 0 aliphatic heterocycles. The van der Waals surface area contributed by atoms with E-state index >= 15 is 0 Å². The summed E-state index contributed by atoms with van der Waals surface area (Å²) < 4.78 is 2.64. The highest BCUT2D eigenvalue weighted by Gasteiger charge is 2.10.